The summed E-state index contributed by atoms with van der Waals surface area (Å²) in [5.74, 6) is 0.0932. The normalized spacial score (nSPS) is 10.1. The van der Waals surface area contributed by atoms with E-state index in [1.807, 2.05) is 25.1 Å². The Balaban J connectivity index is 1.96. The molecule has 2 rings (SSSR count). The van der Waals surface area contributed by atoms with Gasteiger partial charge in [0, 0.05) is 17.6 Å². The minimum atomic E-state index is -0.305. The van der Waals surface area contributed by atoms with Gasteiger partial charge in [-0.1, -0.05) is 29.8 Å². The third-order valence-electron chi connectivity index (χ3n) is 2.56. The summed E-state index contributed by atoms with van der Waals surface area (Å²) in [5, 5.41) is 11.0. The van der Waals surface area contributed by atoms with E-state index >= 15 is 0 Å². The Morgan fingerprint density at radius 3 is 2.70 bits per heavy atom. The van der Waals surface area contributed by atoms with Crippen molar-refractivity contribution in [2.24, 2.45) is 0 Å². The van der Waals surface area contributed by atoms with E-state index in [1.54, 1.807) is 18.2 Å². The summed E-state index contributed by atoms with van der Waals surface area (Å²) in [5.41, 5.74) is 1.09. The van der Waals surface area contributed by atoms with Crippen LogP contribution in [0, 0.1) is 0 Å². The summed E-state index contributed by atoms with van der Waals surface area (Å²) in [6.45, 7) is 2.70. The number of rotatable bonds is 5. The molecular weight excluding hydrogens is 278 g/mol. The molecule has 0 unspecified atom stereocenters. The number of carbonyl (C=O) groups excluding carboxylic acids is 1. The first-order chi connectivity index (χ1) is 9.70. The van der Waals surface area contributed by atoms with Gasteiger partial charge in [0.1, 0.15) is 0 Å². The number of ether oxygens (including phenoxy) is 1. The van der Waals surface area contributed by atoms with Crippen LogP contribution in [0.2, 0.25) is 5.02 Å². The largest absolute Gasteiger partial charge is 0.477 e. The van der Waals surface area contributed by atoms with Gasteiger partial charge in [-0.15, -0.1) is 10.2 Å². The van der Waals surface area contributed by atoms with Crippen LogP contribution in [0.5, 0.6) is 5.88 Å². The Kier molecular flexibility index (Phi) is 4.90. The van der Waals surface area contributed by atoms with Gasteiger partial charge in [0.25, 0.3) is 5.91 Å². The van der Waals surface area contributed by atoms with Gasteiger partial charge in [-0.05, 0) is 24.6 Å². The average Bonchev–Trinajstić information content (AvgIpc) is 2.47. The number of nitrogens with one attached hydrogen (secondary N) is 1. The SMILES string of the molecule is CCOc1ccc(C(=O)NCc2ccccc2Cl)nn1. The lowest BCUT2D eigenvalue weighted by atomic mass is 10.2. The molecule has 6 heteroatoms. The molecule has 0 fully saturated rings. The van der Waals surface area contributed by atoms with Crippen molar-refractivity contribution in [2.45, 2.75) is 13.5 Å². The lowest BCUT2D eigenvalue weighted by Crippen LogP contribution is -2.24. The van der Waals surface area contributed by atoms with Crippen molar-refractivity contribution >= 4 is 17.5 Å². The van der Waals surface area contributed by atoms with Gasteiger partial charge in [-0.2, -0.15) is 0 Å². The molecule has 0 bridgehead atoms. The minimum Gasteiger partial charge on any atom is -0.477 e. The third-order valence-corrected chi connectivity index (χ3v) is 2.93. The number of halogens is 1. The molecule has 1 aromatic carbocycles. The number of carbonyl (C=O) groups is 1. The molecule has 1 heterocycles. The van der Waals surface area contributed by atoms with Crippen LogP contribution in [0.3, 0.4) is 0 Å². The van der Waals surface area contributed by atoms with Crippen molar-refractivity contribution in [3.05, 3.63) is 52.7 Å². The standard InChI is InChI=1S/C14H14ClN3O2/c1-2-20-13-8-7-12(17-18-13)14(19)16-9-10-5-3-4-6-11(10)15/h3-8H,2,9H2,1H3,(H,16,19). The van der Waals surface area contributed by atoms with Gasteiger partial charge in [-0.25, -0.2) is 0 Å². The Hall–Kier alpha value is -2.14. The highest BCUT2D eigenvalue weighted by atomic mass is 35.5. The monoisotopic (exact) mass is 291 g/mol. The summed E-state index contributed by atoms with van der Waals surface area (Å²) >= 11 is 6.01. The average molecular weight is 292 g/mol. The van der Waals surface area contributed by atoms with E-state index < -0.39 is 0 Å². The molecule has 0 radical (unpaired) electrons. The maximum atomic E-state index is 11.9. The summed E-state index contributed by atoms with van der Waals surface area (Å²) < 4.78 is 5.16. The lowest BCUT2D eigenvalue weighted by Gasteiger charge is -2.06. The van der Waals surface area contributed by atoms with Gasteiger partial charge in [0.15, 0.2) is 5.69 Å². The predicted octanol–water partition coefficient (Wildman–Crippen LogP) is 2.46. The van der Waals surface area contributed by atoms with Crippen molar-refractivity contribution < 1.29 is 9.53 Å². The van der Waals surface area contributed by atoms with E-state index in [0.717, 1.165) is 5.56 Å². The maximum Gasteiger partial charge on any atom is 0.272 e. The number of nitrogens with zero attached hydrogens (tertiary/aromatic N) is 2. The quantitative estimate of drug-likeness (QED) is 0.919. The van der Waals surface area contributed by atoms with Gasteiger partial charge in [0.05, 0.1) is 6.61 Å². The number of amides is 1. The molecule has 0 saturated heterocycles. The summed E-state index contributed by atoms with van der Waals surface area (Å²) in [6.07, 6.45) is 0. The first-order valence-corrected chi connectivity index (χ1v) is 6.56. The van der Waals surface area contributed by atoms with Gasteiger partial charge >= 0.3 is 0 Å². The van der Waals surface area contributed by atoms with Crippen molar-refractivity contribution in [2.75, 3.05) is 6.61 Å². The van der Waals surface area contributed by atoms with E-state index in [2.05, 4.69) is 15.5 Å². The molecule has 20 heavy (non-hydrogen) atoms. The molecule has 0 atom stereocenters. The van der Waals surface area contributed by atoms with Gasteiger partial charge in [-0.3, -0.25) is 4.79 Å². The van der Waals surface area contributed by atoms with Crippen LogP contribution < -0.4 is 10.1 Å². The molecule has 0 aliphatic rings. The molecule has 0 aliphatic heterocycles. The van der Waals surface area contributed by atoms with Crippen LogP contribution in [-0.4, -0.2) is 22.7 Å². The Morgan fingerprint density at radius 2 is 2.05 bits per heavy atom. The summed E-state index contributed by atoms with van der Waals surface area (Å²) in [6, 6.07) is 10.5. The zero-order valence-corrected chi connectivity index (χ0v) is 11.7. The smallest absolute Gasteiger partial charge is 0.272 e. The number of benzene rings is 1. The molecule has 1 N–H and O–H groups in total. The molecular formula is C14H14ClN3O2. The fraction of sp³-hybridized carbons (Fsp3) is 0.214. The highest BCUT2D eigenvalue weighted by Crippen LogP contribution is 2.14. The van der Waals surface area contributed by atoms with Crippen molar-refractivity contribution in [1.29, 1.82) is 0 Å². The predicted molar refractivity (Wildman–Crippen MR) is 75.8 cm³/mol. The second kappa shape index (κ2) is 6.86. The zero-order chi connectivity index (χ0) is 14.4. The molecule has 1 aromatic heterocycles. The molecule has 5 nitrogen and oxygen atoms in total. The zero-order valence-electron chi connectivity index (χ0n) is 11.0. The highest BCUT2D eigenvalue weighted by Gasteiger charge is 2.09. The van der Waals surface area contributed by atoms with E-state index in [1.165, 1.54) is 0 Å². The summed E-state index contributed by atoms with van der Waals surface area (Å²) in [4.78, 5) is 11.9. The van der Waals surface area contributed by atoms with Gasteiger partial charge < -0.3 is 10.1 Å². The fourth-order valence-corrected chi connectivity index (χ4v) is 1.78. The maximum absolute atomic E-state index is 11.9. The Bertz CT molecular complexity index is 587. The van der Waals surface area contributed by atoms with E-state index in [4.69, 9.17) is 16.3 Å². The van der Waals surface area contributed by atoms with Crippen LogP contribution in [0.15, 0.2) is 36.4 Å². The van der Waals surface area contributed by atoms with Crippen LogP contribution in [0.4, 0.5) is 0 Å². The van der Waals surface area contributed by atoms with E-state index in [-0.39, 0.29) is 11.6 Å². The van der Waals surface area contributed by atoms with Crippen LogP contribution in [0.25, 0.3) is 0 Å². The van der Waals surface area contributed by atoms with Crippen molar-refractivity contribution in [3.8, 4) is 5.88 Å². The molecule has 1 amide bonds. The fourth-order valence-electron chi connectivity index (χ4n) is 1.57. The van der Waals surface area contributed by atoms with Crippen LogP contribution in [-0.2, 0) is 6.54 Å². The minimum absolute atomic E-state index is 0.237. The second-order valence-corrected chi connectivity index (χ2v) is 4.37. The number of hydrogen-bond donors (Lipinski definition) is 1. The summed E-state index contributed by atoms with van der Waals surface area (Å²) in [7, 11) is 0. The molecule has 0 saturated carbocycles. The molecule has 2 aromatic rings. The second-order valence-electron chi connectivity index (χ2n) is 3.96. The van der Waals surface area contributed by atoms with Crippen LogP contribution in [0.1, 0.15) is 23.0 Å². The number of aromatic nitrogens is 2. The Morgan fingerprint density at radius 1 is 1.25 bits per heavy atom. The van der Waals surface area contributed by atoms with E-state index in [0.29, 0.717) is 24.1 Å². The van der Waals surface area contributed by atoms with Crippen molar-refractivity contribution in [3.63, 3.8) is 0 Å². The molecule has 0 spiro atoms. The topological polar surface area (TPSA) is 64.1 Å². The van der Waals surface area contributed by atoms with Crippen molar-refractivity contribution in [1.82, 2.24) is 15.5 Å². The third kappa shape index (κ3) is 3.68. The first kappa shape index (κ1) is 14.3. The Labute approximate surface area is 121 Å². The van der Waals surface area contributed by atoms with E-state index in [9.17, 15) is 4.79 Å². The molecule has 104 valence electrons. The van der Waals surface area contributed by atoms with Crippen LogP contribution >= 0.6 is 11.6 Å². The number of hydrogen-bond acceptors (Lipinski definition) is 4. The lowest BCUT2D eigenvalue weighted by molar-refractivity contribution is 0.0944. The van der Waals surface area contributed by atoms with Gasteiger partial charge in [0.2, 0.25) is 5.88 Å². The first-order valence-electron chi connectivity index (χ1n) is 6.19. The molecule has 0 aliphatic carbocycles. The highest BCUT2D eigenvalue weighted by molar-refractivity contribution is 6.31.